The van der Waals surface area contributed by atoms with Gasteiger partial charge in [0.1, 0.15) is 0 Å². The van der Waals surface area contributed by atoms with E-state index in [-0.39, 0.29) is 24.8 Å². The molecule has 1 saturated heterocycles. The highest BCUT2D eigenvalue weighted by atomic mass is 16.7. The van der Waals surface area contributed by atoms with Crippen LogP contribution >= 0.6 is 0 Å². The van der Waals surface area contributed by atoms with Crippen LogP contribution < -0.4 is 5.73 Å². The Balaban J connectivity index is 1.61. The summed E-state index contributed by atoms with van der Waals surface area (Å²) in [6.45, 7) is 7.38. The van der Waals surface area contributed by atoms with Gasteiger partial charge in [0.15, 0.2) is 0 Å². The van der Waals surface area contributed by atoms with Crippen molar-refractivity contribution in [2.24, 2.45) is 28.1 Å². The predicted octanol–water partition coefficient (Wildman–Crippen LogP) is 2.67. The number of nitrogens with zero attached hydrogens (tertiary/aromatic N) is 3. The van der Waals surface area contributed by atoms with E-state index in [1.165, 1.54) is 6.42 Å². The maximum absolute atomic E-state index is 8.28. The minimum atomic E-state index is -0.318. The molecule has 0 spiro atoms. The van der Waals surface area contributed by atoms with Gasteiger partial charge in [-0.1, -0.05) is 19.0 Å². The van der Waals surface area contributed by atoms with E-state index in [1.54, 1.807) is 0 Å². The highest BCUT2D eigenvalue weighted by Crippen LogP contribution is 2.65. The molecule has 21 heavy (non-hydrogen) atoms. The fourth-order valence-electron chi connectivity index (χ4n) is 4.66. The van der Waals surface area contributed by atoms with E-state index >= 15 is 0 Å². The zero-order valence-electron chi connectivity index (χ0n) is 13.2. The molecule has 0 radical (unpaired) electrons. The normalized spacial score (nSPS) is 41.0. The topological polar surface area (TPSA) is 93.2 Å². The van der Waals surface area contributed by atoms with Crippen LogP contribution in [0.4, 0.5) is 0 Å². The Morgan fingerprint density at radius 1 is 1.43 bits per heavy atom. The summed E-state index contributed by atoms with van der Waals surface area (Å²) in [5.41, 5.74) is 14.7. The van der Waals surface area contributed by atoms with Crippen LogP contribution in [0.1, 0.15) is 46.5 Å². The molecule has 3 saturated carbocycles. The van der Waals surface area contributed by atoms with Crippen LogP contribution in [-0.2, 0) is 9.31 Å². The zero-order valence-corrected chi connectivity index (χ0v) is 13.2. The van der Waals surface area contributed by atoms with E-state index < -0.39 is 0 Å². The molecule has 5 atom stereocenters. The molecule has 0 amide bonds. The highest BCUT2D eigenvalue weighted by Gasteiger charge is 2.68. The van der Waals surface area contributed by atoms with Gasteiger partial charge in [-0.15, -0.1) is 0 Å². The van der Waals surface area contributed by atoms with E-state index in [4.69, 9.17) is 20.6 Å². The van der Waals surface area contributed by atoms with Gasteiger partial charge in [-0.05, 0) is 55.4 Å². The maximum Gasteiger partial charge on any atom is 0.475 e. The van der Waals surface area contributed by atoms with Crippen molar-refractivity contribution < 1.29 is 9.31 Å². The first-order valence-corrected chi connectivity index (χ1v) is 7.99. The van der Waals surface area contributed by atoms with Gasteiger partial charge in [-0.3, -0.25) is 0 Å². The lowest BCUT2D eigenvalue weighted by Crippen LogP contribution is -2.65. The first-order valence-electron chi connectivity index (χ1n) is 7.99. The van der Waals surface area contributed by atoms with Crippen molar-refractivity contribution in [3.8, 4) is 0 Å². The molecule has 116 valence electrons. The molecule has 0 aromatic carbocycles. The summed E-state index contributed by atoms with van der Waals surface area (Å²) < 4.78 is 12.4. The molecule has 0 aromatic heterocycles. The first kappa shape index (κ1) is 15.2. The molecule has 2 N–H and O–H groups in total. The zero-order chi connectivity index (χ0) is 15.3. The third-order valence-electron chi connectivity index (χ3n) is 6.18. The molecular formula is C14H25BN4O2. The molecule has 6 nitrogen and oxygen atoms in total. The second-order valence-electron chi connectivity index (χ2n) is 7.60. The van der Waals surface area contributed by atoms with E-state index in [2.05, 4.69) is 30.8 Å². The van der Waals surface area contributed by atoms with Crippen LogP contribution in [-0.4, -0.2) is 31.3 Å². The van der Waals surface area contributed by atoms with Crippen LogP contribution in [0.2, 0.25) is 0 Å². The van der Waals surface area contributed by atoms with Gasteiger partial charge in [-0.2, -0.15) is 0 Å². The van der Waals surface area contributed by atoms with Gasteiger partial charge in [0, 0.05) is 17.4 Å². The highest BCUT2D eigenvalue weighted by molar-refractivity contribution is 6.47. The van der Waals surface area contributed by atoms with Gasteiger partial charge in [0.2, 0.25) is 0 Å². The van der Waals surface area contributed by atoms with E-state index in [0.29, 0.717) is 17.9 Å². The second-order valence-corrected chi connectivity index (χ2v) is 7.60. The molecular weight excluding hydrogens is 267 g/mol. The third-order valence-corrected chi connectivity index (χ3v) is 6.18. The smallest absolute Gasteiger partial charge is 0.404 e. The number of azide groups is 1. The Kier molecular flexibility index (Phi) is 3.73. The van der Waals surface area contributed by atoms with Crippen molar-refractivity contribution in [3.63, 3.8) is 0 Å². The van der Waals surface area contributed by atoms with Gasteiger partial charge >= 0.3 is 7.12 Å². The number of hydrogen-bond acceptors (Lipinski definition) is 4. The van der Waals surface area contributed by atoms with Crippen molar-refractivity contribution in [2.45, 2.75) is 64.1 Å². The van der Waals surface area contributed by atoms with Gasteiger partial charge in [0.05, 0.1) is 11.7 Å². The Bertz CT molecular complexity index is 468. The average Bonchev–Trinajstić information content (AvgIpc) is 2.80. The molecule has 2 bridgehead atoms. The largest absolute Gasteiger partial charge is 0.475 e. The lowest BCUT2D eigenvalue weighted by Gasteiger charge is -2.64. The maximum atomic E-state index is 8.28. The summed E-state index contributed by atoms with van der Waals surface area (Å²) in [7, 11) is -0.318. The number of nitrogens with two attached hydrogens (primary N) is 1. The van der Waals surface area contributed by atoms with Crippen LogP contribution in [0.5, 0.6) is 0 Å². The summed E-state index contributed by atoms with van der Waals surface area (Å²) >= 11 is 0. The molecule has 4 fully saturated rings. The molecule has 4 rings (SSSR count). The third kappa shape index (κ3) is 2.27. The molecule has 1 heterocycles. The van der Waals surface area contributed by atoms with Crippen molar-refractivity contribution in [1.82, 2.24) is 0 Å². The predicted molar refractivity (Wildman–Crippen MR) is 81.3 cm³/mol. The van der Waals surface area contributed by atoms with Crippen LogP contribution in [0.3, 0.4) is 0 Å². The van der Waals surface area contributed by atoms with Gasteiger partial charge in [0.25, 0.3) is 0 Å². The average molecular weight is 292 g/mol. The van der Waals surface area contributed by atoms with Crippen LogP contribution in [0.15, 0.2) is 5.11 Å². The summed E-state index contributed by atoms with van der Waals surface area (Å²) in [5, 5.41) is 3.54. The quantitative estimate of drug-likeness (QED) is 0.277. The van der Waals surface area contributed by atoms with Crippen molar-refractivity contribution in [2.75, 3.05) is 6.54 Å². The number of hydrogen-bond donors (Lipinski definition) is 1. The van der Waals surface area contributed by atoms with Crippen LogP contribution in [0.25, 0.3) is 10.4 Å². The molecule has 0 aromatic rings. The fourth-order valence-corrected chi connectivity index (χ4v) is 4.66. The van der Waals surface area contributed by atoms with E-state index in [1.807, 2.05) is 0 Å². The minimum absolute atomic E-state index is 0.151. The molecule has 3 aliphatic carbocycles. The lowest BCUT2D eigenvalue weighted by molar-refractivity contribution is -0.199. The Labute approximate surface area is 126 Å². The molecule has 7 heteroatoms. The van der Waals surface area contributed by atoms with Crippen molar-refractivity contribution in [1.29, 1.82) is 0 Å². The lowest BCUT2D eigenvalue weighted by atomic mass is 9.43. The summed E-state index contributed by atoms with van der Waals surface area (Å²) in [5.74, 6) is 1.17. The standard InChI is InChI=1S/C14H25BN4O2/c1-13(2)9-7-10(13)14(3)11(8-9)20-15(21-14)12(16)5-4-6-18-19-17/h9-12H,4-8,16H2,1-3H3/t9-,10-,11+,12-,14-/m0/s1. The summed E-state index contributed by atoms with van der Waals surface area (Å²) in [4.78, 5) is 2.75. The summed E-state index contributed by atoms with van der Waals surface area (Å²) in [6.07, 6.45) is 4.05. The minimum Gasteiger partial charge on any atom is -0.404 e. The van der Waals surface area contributed by atoms with Crippen LogP contribution in [0, 0.1) is 17.3 Å². The fraction of sp³-hybridized carbons (Fsp3) is 1.00. The number of rotatable bonds is 5. The molecule has 1 aliphatic heterocycles. The van der Waals surface area contributed by atoms with Gasteiger partial charge < -0.3 is 15.0 Å². The van der Waals surface area contributed by atoms with E-state index in [9.17, 15) is 0 Å². The SMILES string of the molecule is CC1(C)[C@@H]2C[C@H]3OB([C@@H](N)CCCN=[N+]=[N-])O[C@@]3(C)[C@H]1C2. The van der Waals surface area contributed by atoms with Crippen molar-refractivity contribution in [3.05, 3.63) is 10.4 Å². The van der Waals surface area contributed by atoms with E-state index in [0.717, 1.165) is 25.2 Å². The molecule has 4 aliphatic rings. The second kappa shape index (κ2) is 5.16. The molecule has 0 unspecified atom stereocenters. The van der Waals surface area contributed by atoms with Crippen molar-refractivity contribution >= 4 is 7.12 Å². The Morgan fingerprint density at radius 2 is 2.19 bits per heavy atom. The monoisotopic (exact) mass is 292 g/mol. The first-order chi connectivity index (χ1) is 9.89. The van der Waals surface area contributed by atoms with Gasteiger partial charge in [-0.25, -0.2) is 0 Å². The summed E-state index contributed by atoms with van der Waals surface area (Å²) in [6, 6.07) is 0. The Hall–Kier alpha value is -0.745. The Morgan fingerprint density at radius 3 is 2.86 bits per heavy atom.